The van der Waals surface area contributed by atoms with Crippen molar-refractivity contribution in [3.05, 3.63) is 5.21 Å². The molecule has 0 spiro atoms. The first-order valence-electron chi connectivity index (χ1n) is 4.82. The van der Waals surface area contributed by atoms with Crippen molar-refractivity contribution in [2.45, 2.75) is 40.7 Å². The summed E-state index contributed by atoms with van der Waals surface area (Å²) in [5.41, 5.74) is 0. The number of rotatable bonds is 4. The van der Waals surface area contributed by atoms with Gasteiger partial charge in [-0.05, 0) is 34.6 Å². The van der Waals surface area contributed by atoms with Crippen LogP contribution >= 0.6 is 0 Å². The Kier molecular flexibility index (Phi) is 9.94. The lowest BCUT2D eigenvalue weighted by molar-refractivity contribution is -1.06. The third-order valence-corrected chi connectivity index (χ3v) is 1.33. The summed E-state index contributed by atoms with van der Waals surface area (Å²) >= 11 is 0. The maximum Gasteiger partial charge on any atom is 0.106 e. The lowest BCUT2D eigenvalue weighted by atomic mass is 10.5. The molecule has 0 heterocycles. The highest BCUT2D eigenvalue weighted by Gasteiger charge is 2.10. The van der Waals surface area contributed by atoms with E-state index < -0.39 is 4.81 Å². The molecule has 13 heavy (non-hydrogen) atoms. The van der Waals surface area contributed by atoms with Gasteiger partial charge in [-0.25, -0.2) is 9.65 Å². The Labute approximate surface area is 81.2 Å². The number of hydrogen-bond acceptors (Lipinski definition) is 3. The van der Waals surface area contributed by atoms with Gasteiger partial charge in [-0.3, -0.25) is 0 Å². The van der Waals surface area contributed by atoms with Gasteiger partial charge in [0.25, 0.3) is 0 Å². The lowest BCUT2D eigenvalue weighted by Gasteiger charge is -2.36. The number of nitrogens with zero attached hydrogens (tertiary/aromatic N) is 1. The highest BCUT2D eigenvalue weighted by molar-refractivity contribution is 4.22. The first kappa shape index (κ1) is 15.3. The molecule has 0 amide bonds. The summed E-state index contributed by atoms with van der Waals surface area (Å²) in [5, 5.41) is 19.2. The van der Waals surface area contributed by atoms with Crippen molar-refractivity contribution in [2.75, 3.05) is 19.7 Å². The van der Waals surface area contributed by atoms with E-state index in [1.165, 1.54) is 0 Å². The zero-order valence-electron chi connectivity index (χ0n) is 9.41. The van der Waals surface area contributed by atoms with Crippen LogP contribution in [-0.4, -0.2) is 35.7 Å². The van der Waals surface area contributed by atoms with Crippen LogP contribution < -0.4 is 0 Å². The maximum absolute atomic E-state index is 11.2. The molecule has 0 aliphatic rings. The molecule has 0 bridgehead atoms. The molecule has 0 aliphatic heterocycles. The van der Waals surface area contributed by atoms with E-state index in [0.29, 0.717) is 19.7 Å². The van der Waals surface area contributed by atoms with E-state index in [0.717, 1.165) is 0 Å². The van der Waals surface area contributed by atoms with Gasteiger partial charge in [0.1, 0.15) is 19.7 Å². The number of aliphatic hydroxyl groups is 1. The fourth-order valence-electron chi connectivity index (χ4n) is 0.641. The van der Waals surface area contributed by atoms with E-state index in [2.05, 4.69) is 0 Å². The second kappa shape index (κ2) is 8.44. The van der Waals surface area contributed by atoms with E-state index in [-0.39, 0.29) is 6.10 Å². The zero-order valence-corrected chi connectivity index (χ0v) is 9.41. The molecule has 0 saturated carbocycles. The number of hydrogen-bond donors (Lipinski definition) is 1. The van der Waals surface area contributed by atoms with Gasteiger partial charge in [0, 0.05) is 6.10 Å². The van der Waals surface area contributed by atoms with E-state index in [1.807, 2.05) is 20.8 Å². The first-order chi connectivity index (χ1) is 5.91. The average molecular weight is 193 g/mol. The smallest absolute Gasteiger partial charge is 0.106 e. The van der Waals surface area contributed by atoms with Crippen LogP contribution in [0.4, 0.5) is 0 Å². The van der Waals surface area contributed by atoms with Gasteiger partial charge >= 0.3 is 0 Å². The van der Waals surface area contributed by atoms with Crippen LogP contribution in [0.1, 0.15) is 34.6 Å². The molecule has 0 radical (unpaired) electrons. The maximum atomic E-state index is 11.2. The summed E-state index contributed by atoms with van der Waals surface area (Å²) in [5.74, 6) is 0. The number of quaternary nitrogens is 1. The normalized spacial score (nSPS) is 11.1. The molecule has 1 N–H and O–H groups in total. The van der Waals surface area contributed by atoms with E-state index in [4.69, 9.17) is 9.94 Å². The predicted octanol–water partition coefficient (Wildman–Crippen LogP) is 1.68. The highest BCUT2D eigenvalue weighted by atomic mass is 16.9. The molecule has 4 nitrogen and oxygen atoms in total. The molecule has 0 atom stereocenters. The summed E-state index contributed by atoms with van der Waals surface area (Å²) in [6, 6.07) is 0. The molecule has 0 aliphatic carbocycles. The van der Waals surface area contributed by atoms with Crippen molar-refractivity contribution >= 4 is 0 Å². The largest absolute Gasteiger partial charge is 0.598 e. The molecule has 4 heteroatoms. The third-order valence-electron chi connectivity index (χ3n) is 1.33. The minimum absolute atomic E-state index is 0.167. The number of aliphatic hydroxyl groups excluding tert-OH is 1. The molecular formula is C9H23NO3. The Morgan fingerprint density at radius 3 is 1.62 bits per heavy atom. The minimum atomic E-state index is -0.517. The fourth-order valence-corrected chi connectivity index (χ4v) is 0.641. The van der Waals surface area contributed by atoms with Crippen LogP contribution in [-0.2, 0) is 4.84 Å². The van der Waals surface area contributed by atoms with Gasteiger partial charge < -0.3 is 10.3 Å². The van der Waals surface area contributed by atoms with Gasteiger partial charge in [0.2, 0.25) is 0 Å². The van der Waals surface area contributed by atoms with Crippen LogP contribution in [0.2, 0.25) is 0 Å². The van der Waals surface area contributed by atoms with E-state index in [9.17, 15) is 5.21 Å². The monoisotopic (exact) mass is 193 g/mol. The van der Waals surface area contributed by atoms with Crippen LogP contribution in [0.3, 0.4) is 0 Å². The van der Waals surface area contributed by atoms with Crippen molar-refractivity contribution in [3.63, 3.8) is 0 Å². The van der Waals surface area contributed by atoms with Gasteiger partial charge in [0.15, 0.2) is 0 Å². The van der Waals surface area contributed by atoms with Crippen molar-refractivity contribution in [1.29, 1.82) is 0 Å². The summed E-state index contributed by atoms with van der Waals surface area (Å²) < 4.78 is 0. The van der Waals surface area contributed by atoms with Gasteiger partial charge in [0.05, 0.1) is 0 Å². The molecule has 0 fully saturated rings. The molecule has 0 saturated heterocycles. The SMILES string of the molecule is CC(C)O.CCO[N+]([O-])(CC)CC. The summed E-state index contributed by atoms with van der Waals surface area (Å²) in [7, 11) is 0. The third kappa shape index (κ3) is 11.8. The lowest BCUT2D eigenvalue weighted by Crippen LogP contribution is -2.41. The quantitative estimate of drug-likeness (QED) is 0.546. The molecule has 0 aromatic carbocycles. The second-order valence-electron chi connectivity index (χ2n) is 2.96. The highest BCUT2D eigenvalue weighted by Crippen LogP contribution is 2.02. The van der Waals surface area contributed by atoms with Gasteiger partial charge in [-0.15, -0.1) is 0 Å². The predicted molar refractivity (Wildman–Crippen MR) is 53.7 cm³/mol. The molecule has 0 aromatic heterocycles. The van der Waals surface area contributed by atoms with Crippen LogP contribution in [0.25, 0.3) is 0 Å². The van der Waals surface area contributed by atoms with E-state index >= 15 is 0 Å². The minimum Gasteiger partial charge on any atom is -0.598 e. The van der Waals surface area contributed by atoms with Crippen LogP contribution in [0.5, 0.6) is 0 Å². The second-order valence-corrected chi connectivity index (χ2v) is 2.96. The summed E-state index contributed by atoms with van der Waals surface area (Å²) in [6.07, 6.45) is -0.167. The average Bonchev–Trinajstić information content (AvgIpc) is 2.04. The molecule has 0 unspecified atom stereocenters. The Bertz CT molecular complexity index is 100. The first-order valence-corrected chi connectivity index (χ1v) is 4.82. The van der Waals surface area contributed by atoms with Crippen molar-refractivity contribution in [2.24, 2.45) is 0 Å². The van der Waals surface area contributed by atoms with Gasteiger partial charge in [-0.2, -0.15) is 0 Å². The standard InChI is InChI=1S/C6H15NO2.C3H8O/c1-4-7(8,5-2)9-6-3;1-3(2)4/h4-6H2,1-3H3;3-4H,1-2H3. The molecule has 82 valence electrons. The Morgan fingerprint density at radius 1 is 1.23 bits per heavy atom. The Morgan fingerprint density at radius 2 is 1.54 bits per heavy atom. The van der Waals surface area contributed by atoms with E-state index in [1.54, 1.807) is 13.8 Å². The molecule has 0 aromatic rings. The fraction of sp³-hybridized carbons (Fsp3) is 1.00. The van der Waals surface area contributed by atoms with Gasteiger partial charge in [-0.1, -0.05) is 0 Å². The summed E-state index contributed by atoms with van der Waals surface area (Å²) in [6.45, 7) is 10.4. The van der Waals surface area contributed by atoms with Crippen LogP contribution in [0.15, 0.2) is 0 Å². The van der Waals surface area contributed by atoms with Crippen molar-refractivity contribution in [3.8, 4) is 0 Å². The molecular weight excluding hydrogens is 170 g/mol. The van der Waals surface area contributed by atoms with Crippen molar-refractivity contribution < 1.29 is 14.8 Å². The van der Waals surface area contributed by atoms with Crippen molar-refractivity contribution in [1.82, 2.24) is 0 Å². The van der Waals surface area contributed by atoms with Crippen LogP contribution in [0, 0.1) is 5.21 Å². The molecule has 0 rings (SSSR count). The number of hydroxylamine groups is 4. The topological polar surface area (TPSA) is 52.5 Å². The Balaban J connectivity index is 0. The Hall–Kier alpha value is -0.160. The summed E-state index contributed by atoms with van der Waals surface area (Å²) in [4.78, 5) is 4.39. The zero-order chi connectivity index (χ0) is 10.9.